The van der Waals surface area contributed by atoms with Crippen LogP contribution in [0.5, 0.6) is 0 Å². The maximum absolute atomic E-state index is 12.7. The highest BCUT2D eigenvalue weighted by Gasteiger charge is 2.36. The Kier molecular flexibility index (Phi) is 5.61. The summed E-state index contributed by atoms with van der Waals surface area (Å²) in [6, 6.07) is 14.2. The van der Waals surface area contributed by atoms with Crippen molar-refractivity contribution in [2.45, 2.75) is 6.18 Å². The third-order valence-corrected chi connectivity index (χ3v) is 3.15. The smallest absolute Gasteiger partial charge is 0.399 e. The van der Waals surface area contributed by atoms with Crippen molar-refractivity contribution in [3.05, 3.63) is 66.1 Å². The normalized spacial score (nSPS) is 10.8. The molecule has 0 radical (unpaired) electrons. The first kappa shape index (κ1) is 19.0. The lowest BCUT2D eigenvalue weighted by atomic mass is 10.2. The molecule has 0 aliphatic rings. The molecule has 0 unspecified atom stereocenters. The van der Waals surface area contributed by atoms with Crippen molar-refractivity contribution in [1.82, 2.24) is 9.97 Å². The second-order valence-electron chi connectivity index (χ2n) is 5.11. The fraction of sp³-hybridized carbons (Fsp3) is 0.0588. The van der Waals surface area contributed by atoms with E-state index in [0.717, 1.165) is 17.8 Å². The summed E-state index contributed by atoms with van der Waals surface area (Å²) < 4.78 is 50.9. The molecule has 0 aliphatic heterocycles. The number of rotatable bonds is 1. The quantitative estimate of drug-likeness (QED) is 0.450. The maximum atomic E-state index is 12.7. The molecule has 2 aromatic carbocycles. The summed E-state index contributed by atoms with van der Waals surface area (Å²) in [5.74, 6) is -1.26. The Morgan fingerprint density at radius 3 is 1.81 bits per heavy atom. The van der Waals surface area contributed by atoms with Gasteiger partial charge in [-0.3, -0.25) is 0 Å². The number of hydrogen-bond donors (Lipinski definition) is 3. The van der Waals surface area contributed by atoms with Crippen LogP contribution in [0.3, 0.4) is 0 Å². The van der Waals surface area contributed by atoms with E-state index in [4.69, 9.17) is 17.2 Å². The van der Waals surface area contributed by atoms with E-state index in [0.29, 0.717) is 0 Å². The van der Waals surface area contributed by atoms with Gasteiger partial charge in [-0.25, -0.2) is 14.4 Å². The first-order valence-electron chi connectivity index (χ1n) is 7.25. The number of nitrogens with zero attached hydrogens (tertiary/aromatic N) is 2. The summed E-state index contributed by atoms with van der Waals surface area (Å²) in [5.41, 5.74) is 14.9. The van der Waals surface area contributed by atoms with E-state index in [1.807, 2.05) is 30.3 Å². The van der Waals surface area contributed by atoms with Crippen molar-refractivity contribution in [3.8, 4) is 11.4 Å². The monoisotopic (exact) mass is 365 g/mol. The van der Waals surface area contributed by atoms with E-state index in [2.05, 4.69) is 9.97 Å². The molecule has 26 heavy (non-hydrogen) atoms. The number of alkyl halides is 3. The molecule has 0 amide bonds. The van der Waals surface area contributed by atoms with Gasteiger partial charge in [0.15, 0.2) is 17.3 Å². The minimum Gasteiger partial charge on any atom is -0.399 e. The van der Waals surface area contributed by atoms with Gasteiger partial charge in [-0.2, -0.15) is 13.2 Å². The number of nitrogens with two attached hydrogens (primary N) is 3. The average molecular weight is 365 g/mol. The van der Waals surface area contributed by atoms with Gasteiger partial charge in [-0.05, 0) is 36.4 Å². The Morgan fingerprint density at radius 1 is 0.769 bits per heavy atom. The zero-order valence-electron chi connectivity index (χ0n) is 13.3. The molecule has 0 saturated carbocycles. The van der Waals surface area contributed by atoms with Crippen LogP contribution in [0.4, 0.5) is 34.8 Å². The molecule has 136 valence electrons. The minimum atomic E-state index is -4.74. The molecule has 0 saturated heterocycles. The summed E-state index contributed by atoms with van der Waals surface area (Å²) in [7, 11) is 0. The average Bonchev–Trinajstić information content (AvgIpc) is 2.58. The number of nitrogen functional groups attached to an aromatic ring is 3. The molecule has 0 atom stereocenters. The van der Waals surface area contributed by atoms with Gasteiger partial charge >= 0.3 is 6.18 Å². The topological polar surface area (TPSA) is 104 Å². The fourth-order valence-corrected chi connectivity index (χ4v) is 1.88. The molecule has 1 aromatic heterocycles. The fourth-order valence-electron chi connectivity index (χ4n) is 1.88. The lowest BCUT2D eigenvalue weighted by Crippen LogP contribution is -2.15. The summed E-state index contributed by atoms with van der Waals surface area (Å²) in [5, 5.41) is 0. The summed E-state index contributed by atoms with van der Waals surface area (Å²) in [6.45, 7) is 0. The minimum absolute atomic E-state index is 0.207. The lowest BCUT2D eigenvalue weighted by Gasteiger charge is -2.12. The zero-order valence-corrected chi connectivity index (χ0v) is 13.3. The molecule has 0 aliphatic carbocycles. The van der Waals surface area contributed by atoms with Crippen molar-refractivity contribution in [2.24, 2.45) is 0 Å². The van der Waals surface area contributed by atoms with Crippen LogP contribution >= 0.6 is 0 Å². The number of halogens is 4. The van der Waals surface area contributed by atoms with Gasteiger partial charge in [-0.1, -0.05) is 18.2 Å². The van der Waals surface area contributed by atoms with E-state index in [1.165, 1.54) is 12.1 Å². The molecule has 5 nitrogen and oxygen atoms in total. The number of benzene rings is 2. The Labute approximate surface area is 146 Å². The van der Waals surface area contributed by atoms with Crippen molar-refractivity contribution < 1.29 is 17.6 Å². The largest absolute Gasteiger partial charge is 0.435 e. The van der Waals surface area contributed by atoms with Gasteiger partial charge < -0.3 is 17.2 Å². The Hall–Kier alpha value is -3.36. The van der Waals surface area contributed by atoms with E-state index < -0.39 is 29.2 Å². The SMILES string of the molecule is Nc1ccccc1.Nc1nc(-c2ccc(F)cc2)nc(C(F)(F)F)c1N. The Morgan fingerprint density at radius 2 is 1.35 bits per heavy atom. The van der Waals surface area contributed by atoms with E-state index in [9.17, 15) is 17.6 Å². The molecule has 3 aromatic rings. The molecule has 6 N–H and O–H groups in total. The van der Waals surface area contributed by atoms with Gasteiger partial charge in [0.2, 0.25) is 0 Å². The van der Waals surface area contributed by atoms with Crippen molar-refractivity contribution in [3.63, 3.8) is 0 Å². The van der Waals surface area contributed by atoms with Gasteiger partial charge in [0, 0.05) is 11.3 Å². The second kappa shape index (κ2) is 7.68. The predicted octanol–water partition coefficient (Wildman–Crippen LogP) is 3.73. The molecular weight excluding hydrogens is 350 g/mol. The van der Waals surface area contributed by atoms with Gasteiger partial charge in [0.05, 0.1) is 0 Å². The zero-order chi connectivity index (χ0) is 19.3. The van der Waals surface area contributed by atoms with Gasteiger partial charge in [0.1, 0.15) is 11.5 Å². The van der Waals surface area contributed by atoms with Gasteiger partial charge in [-0.15, -0.1) is 0 Å². The number of hydrogen-bond acceptors (Lipinski definition) is 5. The van der Waals surface area contributed by atoms with Crippen LogP contribution in [0.15, 0.2) is 54.6 Å². The molecule has 3 rings (SSSR count). The van der Waals surface area contributed by atoms with Crippen molar-refractivity contribution in [2.75, 3.05) is 17.2 Å². The highest BCUT2D eigenvalue weighted by molar-refractivity contribution is 5.67. The highest BCUT2D eigenvalue weighted by Crippen LogP contribution is 2.35. The Balaban J connectivity index is 0.000000290. The van der Waals surface area contributed by atoms with Crippen LogP contribution < -0.4 is 17.2 Å². The van der Waals surface area contributed by atoms with Gasteiger partial charge in [0.25, 0.3) is 0 Å². The van der Waals surface area contributed by atoms with Crippen LogP contribution in [0.1, 0.15) is 5.69 Å². The molecular formula is C17H15F4N5. The third kappa shape index (κ3) is 4.82. The predicted molar refractivity (Wildman–Crippen MR) is 92.1 cm³/mol. The standard InChI is InChI=1S/C11H8F4N4.C6H7N/c12-6-3-1-5(2-4-6)10-18-8(11(13,14)15)7(16)9(17)19-10;7-6-4-2-1-3-5-6/h1-4H,16H2,(H2,17,18,19);1-5H,7H2. The molecule has 1 heterocycles. The third-order valence-electron chi connectivity index (χ3n) is 3.15. The lowest BCUT2D eigenvalue weighted by molar-refractivity contribution is -0.140. The van der Waals surface area contributed by atoms with Crippen molar-refractivity contribution >= 4 is 17.2 Å². The maximum Gasteiger partial charge on any atom is 0.435 e. The van der Waals surface area contributed by atoms with Crippen LogP contribution in [-0.4, -0.2) is 9.97 Å². The number of para-hydroxylation sites is 1. The summed E-state index contributed by atoms with van der Waals surface area (Å²) >= 11 is 0. The van der Waals surface area contributed by atoms with E-state index in [-0.39, 0.29) is 11.4 Å². The van der Waals surface area contributed by atoms with Crippen LogP contribution in [0, 0.1) is 5.82 Å². The Bertz CT molecular complexity index is 865. The van der Waals surface area contributed by atoms with Crippen LogP contribution in [-0.2, 0) is 6.18 Å². The molecule has 9 heteroatoms. The van der Waals surface area contributed by atoms with Crippen molar-refractivity contribution in [1.29, 1.82) is 0 Å². The first-order valence-corrected chi connectivity index (χ1v) is 7.25. The van der Waals surface area contributed by atoms with Crippen LogP contribution in [0.25, 0.3) is 11.4 Å². The van der Waals surface area contributed by atoms with Crippen LogP contribution in [0.2, 0.25) is 0 Å². The second-order valence-corrected chi connectivity index (χ2v) is 5.11. The molecule has 0 spiro atoms. The highest BCUT2D eigenvalue weighted by atomic mass is 19.4. The van der Waals surface area contributed by atoms with E-state index in [1.54, 1.807) is 0 Å². The summed E-state index contributed by atoms with van der Waals surface area (Å²) in [4.78, 5) is 7.01. The number of anilines is 3. The van der Waals surface area contributed by atoms with E-state index >= 15 is 0 Å². The summed E-state index contributed by atoms with van der Waals surface area (Å²) in [6.07, 6.45) is -4.74. The number of aromatic nitrogens is 2. The molecule has 0 fully saturated rings. The first-order chi connectivity index (χ1) is 12.2. The molecule has 0 bridgehead atoms.